The van der Waals surface area contributed by atoms with E-state index >= 15 is 0 Å². The van der Waals surface area contributed by atoms with Crippen LogP contribution in [0.2, 0.25) is 13.1 Å². The van der Waals surface area contributed by atoms with Crippen LogP contribution in [0.1, 0.15) is 27.7 Å². The van der Waals surface area contributed by atoms with Crippen molar-refractivity contribution in [3.05, 3.63) is 0 Å². The first-order valence-electron chi connectivity index (χ1n) is 5.67. The molecule has 0 radical (unpaired) electrons. The van der Waals surface area contributed by atoms with Crippen LogP contribution >= 0.6 is 0 Å². The van der Waals surface area contributed by atoms with Gasteiger partial charge in [-0.3, -0.25) is 4.79 Å². The molecule has 0 heterocycles. The molecule has 0 amide bonds. The van der Waals surface area contributed by atoms with Crippen LogP contribution in [0.25, 0.3) is 0 Å². The van der Waals surface area contributed by atoms with Crippen molar-refractivity contribution in [1.82, 2.24) is 0 Å². The number of nitrogens with two attached hydrogens (primary N) is 1. The molecule has 0 aromatic rings. The average molecular weight is 247 g/mol. The highest BCUT2D eigenvalue weighted by Crippen LogP contribution is 2.40. The maximum absolute atomic E-state index is 11.3. The maximum Gasteiger partial charge on any atom is 0.310 e. The van der Waals surface area contributed by atoms with Gasteiger partial charge in [-0.05, 0) is 25.4 Å². The molecule has 2 atom stereocenters. The SMILES string of the molecule is C[SiH](C)O[C@](C)([C@H](CN)C(=O)O)C(C)(C)C. The molecule has 0 fully saturated rings. The van der Waals surface area contributed by atoms with Gasteiger partial charge in [0.25, 0.3) is 0 Å². The molecule has 0 aliphatic carbocycles. The van der Waals surface area contributed by atoms with Gasteiger partial charge in [0.05, 0.1) is 11.5 Å². The van der Waals surface area contributed by atoms with Gasteiger partial charge in [0, 0.05) is 6.54 Å². The van der Waals surface area contributed by atoms with Crippen molar-refractivity contribution in [1.29, 1.82) is 0 Å². The number of carbonyl (C=O) groups is 1. The first kappa shape index (κ1) is 15.6. The third-order valence-electron chi connectivity index (χ3n) is 3.17. The Balaban J connectivity index is 5.29. The van der Waals surface area contributed by atoms with Crippen LogP contribution in [-0.4, -0.2) is 32.3 Å². The fraction of sp³-hybridized carbons (Fsp3) is 0.909. The molecular weight excluding hydrogens is 222 g/mol. The van der Waals surface area contributed by atoms with E-state index in [-0.39, 0.29) is 12.0 Å². The Labute approximate surface area is 99.9 Å². The van der Waals surface area contributed by atoms with Crippen LogP contribution in [0.3, 0.4) is 0 Å². The molecule has 0 aliphatic heterocycles. The van der Waals surface area contributed by atoms with Gasteiger partial charge in [0.15, 0.2) is 9.04 Å². The minimum Gasteiger partial charge on any atom is -0.481 e. The van der Waals surface area contributed by atoms with E-state index in [0.717, 1.165) is 0 Å². The average Bonchev–Trinajstić information content (AvgIpc) is 2.00. The number of aliphatic carboxylic acids is 1. The lowest BCUT2D eigenvalue weighted by molar-refractivity contribution is -0.156. The van der Waals surface area contributed by atoms with Gasteiger partial charge in [0.2, 0.25) is 0 Å². The minimum atomic E-state index is -1.33. The Bertz CT molecular complexity index is 250. The number of hydrogen-bond donors (Lipinski definition) is 2. The Kier molecular flexibility index (Phi) is 5.16. The van der Waals surface area contributed by atoms with Crippen molar-refractivity contribution in [2.24, 2.45) is 17.1 Å². The summed E-state index contributed by atoms with van der Waals surface area (Å²) in [4.78, 5) is 11.3. The predicted octanol–water partition coefficient (Wildman–Crippen LogP) is 1.45. The summed E-state index contributed by atoms with van der Waals surface area (Å²) in [6.45, 7) is 12.0. The largest absolute Gasteiger partial charge is 0.481 e. The van der Waals surface area contributed by atoms with E-state index in [0.29, 0.717) is 0 Å². The molecule has 4 nitrogen and oxygen atoms in total. The summed E-state index contributed by atoms with van der Waals surface area (Å²) in [5.74, 6) is -1.54. The third kappa shape index (κ3) is 3.30. The van der Waals surface area contributed by atoms with Crippen molar-refractivity contribution in [2.45, 2.75) is 46.4 Å². The quantitative estimate of drug-likeness (QED) is 0.721. The standard InChI is InChI=1S/C11H25NO3Si/c1-10(2,3)11(4,15-16(5)6)8(7-12)9(13)14/h8,16H,7,12H2,1-6H3,(H,13,14)/t8-,11-/m1/s1. The lowest BCUT2D eigenvalue weighted by Crippen LogP contribution is -2.56. The Hall–Kier alpha value is -0.393. The number of rotatable bonds is 5. The van der Waals surface area contributed by atoms with Crippen LogP contribution in [0.15, 0.2) is 0 Å². The van der Waals surface area contributed by atoms with Gasteiger partial charge in [-0.2, -0.15) is 0 Å². The van der Waals surface area contributed by atoms with E-state index in [1.54, 1.807) is 0 Å². The topological polar surface area (TPSA) is 72.5 Å². The van der Waals surface area contributed by atoms with Gasteiger partial charge >= 0.3 is 5.97 Å². The van der Waals surface area contributed by atoms with E-state index in [4.69, 9.17) is 10.2 Å². The summed E-state index contributed by atoms with van der Waals surface area (Å²) in [6.07, 6.45) is 0. The second-order valence-corrected chi connectivity index (χ2v) is 7.98. The Morgan fingerprint density at radius 2 is 1.81 bits per heavy atom. The Morgan fingerprint density at radius 1 is 1.38 bits per heavy atom. The summed E-state index contributed by atoms with van der Waals surface area (Å²) < 4.78 is 5.99. The van der Waals surface area contributed by atoms with Crippen molar-refractivity contribution in [2.75, 3.05) is 6.54 Å². The predicted molar refractivity (Wildman–Crippen MR) is 68.0 cm³/mol. The zero-order valence-corrected chi connectivity index (χ0v) is 12.4. The first-order chi connectivity index (χ1) is 7.06. The highest BCUT2D eigenvalue weighted by atomic mass is 28.3. The zero-order chi connectivity index (χ0) is 13.1. The van der Waals surface area contributed by atoms with Gasteiger partial charge in [-0.1, -0.05) is 20.8 Å². The molecule has 3 N–H and O–H groups in total. The monoisotopic (exact) mass is 247 g/mol. The van der Waals surface area contributed by atoms with E-state index in [9.17, 15) is 9.90 Å². The molecule has 0 rings (SSSR count). The summed E-state index contributed by atoms with van der Waals surface area (Å²) in [5.41, 5.74) is 4.62. The summed E-state index contributed by atoms with van der Waals surface area (Å²) in [7, 11) is -1.33. The lowest BCUT2D eigenvalue weighted by Gasteiger charge is -2.46. The van der Waals surface area contributed by atoms with Crippen molar-refractivity contribution in [3.8, 4) is 0 Å². The van der Waals surface area contributed by atoms with Crippen LogP contribution < -0.4 is 5.73 Å². The van der Waals surface area contributed by atoms with Gasteiger partial charge in [0.1, 0.15) is 0 Å². The second-order valence-electron chi connectivity index (χ2n) is 5.65. The summed E-state index contributed by atoms with van der Waals surface area (Å²) in [5, 5.41) is 9.24. The molecule has 96 valence electrons. The number of carboxylic acid groups (broad SMARTS) is 1. The molecule has 0 saturated heterocycles. The molecule has 16 heavy (non-hydrogen) atoms. The molecule has 0 unspecified atom stereocenters. The molecule has 0 aliphatic rings. The van der Waals surface area contributed by atoms with Crippen LogP contribution in [0, 0.1) is 11.3 Å². The van der Waals surface area contributed by atoms with Crippen molar-refractivity contribution < 1.29 is 14.3 Å². The lowest BCUT2D eigenvalue weighted by atomic mass is 9.70. The highest BCUT2D eigenvalue weighted by Gasteiger charge is 2.48. The van der Waals surface area contributed by atoms with E-state index < -0.39 is 26.5 Å². The molecule has 0 spiro atoms. The van der Waals surface area contributed by atoms with E-state index in [2.05, 4.69) is 0 Å². The van der Waals surface area contributed by atoms with Crippen molar-refractivity contribution >= 4 is 15.0 Å². The molecular formula is C11H25NO3Si. The zero-order valence-electron chi connectivity index (χ0n) is 11.2. The van der Waals surface area contributed by atoms with Gasteiger partial charge in [-0.25, -0.2) is 0 Å². The normalized spacial score (nSPS) is 18.2. The van der Waals surface area contributed by atoms with Crippen LogP contribution in [0.4, 0.5) is 0 Å². The summed E-state index contributed by atoms with van der Waals surface area (Å²) >= 11 is 0. The molecule has 0 aromatic heterocycles. The Morgan fingerprint density at radius 3 is 2.00 bits per heavy atom. The van der Waals surface area contributed by atoms with E-state index in [1.165, 1.54) is 0 Å². The molecule has 5 heteroatoms. The van der Waals surface area contributed by atoms with E-state index in [1.807, 2.05) is 40.8 Å². The summed E-state index contributed by atoms with van der Waals surface area (Å²) in [6, 6.07) is 0. The number of carboxylic acids is 1. The fourth-order valence-electron chi connectivity index (χ4n) is 1.83. The minimum absolute atomic E-state index is 0.101. The van der Waals surface area contributed by atoms with Crippen LogP contribution in [-0.2, 0) is 9.22 Å². The smallest absolute Gasteiger partial charge is 0.310 e. The molecule has 0 aromatic carbocycles. The van der Waals surface area contributed by atoms with Crippen LogP contribution in [0.5, 0.6) is 0 Å². The second kappa shape index (κ2) is 5.29. The van der Waals surface area contributed by atoms with Gasteiger partial charge < -0.3 is 15.3 Å². The molecule has 0 saturated carbocycles. The number of hydrogen-bond acceptors (Lipinski definition) is 3. The maximum atomic E-state index is 11.3. The van der Waals surface area contributed by atoms with Crippen molar-refractivity contribution in [3.63, 3.8) is 0 Å². The highest BCUT2D eigenvalue weighted by molar-refractivity contribution is 6.48. The van der Waals surface area contributed by atoms with Gasteiger partial charge in [-0.15, -0.1) is 0 Å². The molecule has 0 bridgehead atoms. The first-order valence-corrected chi connectivity index (χ1v) is 8.45. The third-order valence-corrected chi connectivity index (χ3v) is 4.13. The fourth-order valence-corrected chi connectivity index (χ4v) is 3.33.